The van der Waals surface area contributed by atoms with Gasteiger partial charge in [-0.2, -0.15) is 39.5 Å². The second-order valence-corrected chi connectivity index (χ2v) is 11.8. The van der Waals surface area contributed by atoms with Gasteiger partial charge in [-0.15, -0.1) is 0 Å². The Kier molecular flexibility index (Phi) is 17.9. The molecular weight excluding hydrogens is 745 g/mol. The van der Waals surface area contributed by atoms with E-state index >= 15 is 0 Å². The lowest BCUT2D eigenvalue weighted by molar-refractivity contribution is -0.193. The molecule has 2 saturated heterocycles. The Balaban J connectivity index is 0.000000545. The number of alkyl halides is 9. The number of nitrogens with zero attached hydrogens (tertiary/aromatic N) is 2. The number of likely N-dealkylation sites (tertiary alicyclic amines) is 1. The Labute approximate surface area is 297 Å². The van der Waals surface area contributed by atoms with Crippen molar-refractivity contribution < 1.29 is 83.5 Å². The molecule has 0 bridgehead atoms. The number of carbonyl (C=O) groups excluding carboxylic acids is 1. The molecule has 3 fully saturated rings. The average molecular weight is 788 g/mol. The van der Waals surface area contributed by atoms with Crippen molar-refractivity contribution in [3.63, 3.8) is 0 Å². The summed E-state index contributed by atoms with van der Waals surface area (Å²) in [5.41, 5.74) is 1.43. The molecule has 0 radical (unpaired) electrons. The van der Waals surface area contributed by atoms with Crippen molar-refractivity contribution >= 4 is 23.9 Å². The van der Waals surface area contributed by atoms with Gasteiger partial charge in [0.1, 0.15) is 0 Å². The molecule has 1 saturated carbocycles. The number of benzene rings is 1. The quantitative estimate of drug-likeness (QED) is 0.222. The lowest BCUT2D eigenvalue weighted by atomic mass is 9.65. The van der Waals surface area contributed by atoms with E-state index in [1.165, 1.54) is 5.56 Å². The first-order valence-electron chi connectivity index (χ1n) is 15.7. The molecule has 2 aliphatic heterocycles. The molecule has 4 rings (SSSR count). The fourth-order valence-corrected chi connectivity index (χ4v) is 5.89. The van der Waals surface area contributed by atoms with Crippen LogP contribution in [0.15, 0.2) is 18.2 Å². The molecule has 3 atom stereocenters. The predicted molar refractivity (Wildman–Crippen MR) is 167 cm³/mol. The van der Waals surface area contributed by atoms with Crippen molar-refractivity contribution in [2.75, 3.05) is 67.1 Å². The number of aliphatic carboxylic acids is 3. The molecule has 304 valence electrons. The predicted octanol–water partition coefficient (Wildman–Crippen LogP) is 3.30. The van der Waals surface area contributed by atoms with E-state index in [0.717, 1.165) is 76.5 Å². The molecule has 1 aliphatic carbocycles. The summed E-state index contributed by atoms with van der Waals surface area (Å²) in [6.07, 6.45) is -11.1. The first-order chi connectivity index (χ1) is 24.4. The highest BCUT2D eigenvalue weighted by Gasteiger charge is 2.50. The third-order valence-corrected chi connectivity index (χ3v) is 8.47. The Hall–Kier alpha value is -4.25. The minimum Gasteiger partial charge on any atom is -0.493 e. The van der Waals surface area contributed by atoms with Crippen molar-refractivity contribution in [2.24, 2.45) is 0 Å². The van der Waals surface area contributed by atoms with E-state index in [1.807, 2.05) is 6.07 Å². The van der Waals surface area contributed by atoms with Crippen LogP contribution in [0.1, 0.15) is 31.2 Å². The number of fused-ring (bicyclic) bond motifs is 1. The van der Waals surface area contributed by atoms with Gasteiger partial charge in [-0.05, 0) is 57.0 Å². The molecule has 3 aliphatic rings. The molecule has 6 N–H and O–H groups in total. The number of piperazine rings is 1. The second-order valence-electron chi connectivity index (χ2n) is 11.8. The van der Waals surface area contributed by atoms with Crippen LogP contribution in [0.25, 0.3) is 0 Å². The summed E-state index contributed by atoms with van der Waals surface area (Å²) >= 11 is 0. The van der Waals surface area contributed by atoms with E-state index in [2.05, 4.69) is 44.9 Å². The SMILES string of the molecule is COc1ccc([C@@]23CC[C@@H](NC(=O)NCCN4CCNCC4)C[C@@H]2N(C)CC3)cc1OC.O=C(O)C(F)(F)F.O=C(O)C(F)(F)F.O=C(O)C(F)(F)F. The summed E-state index contributed by atoms with van der Waals surface area (Å²) in [5, 5.41) is 31.0. The molecule has 53 heavy (non-hydrogen) atoms. The average Bonchev–Trinajstić information content (AvgIpc) is 3.40. The standard InChI is InChI=1S/C24H39N5O3.3C2HF3O2/c1-28-12-8-24(18-4-5-20(31-2)21(16-18)32-3)7-6-19(17-22(24)28)27-23(30)26-11-15-29-13-9-25-10-14-29;3*3-2(4,5)1(6)7/h4-5,16,19,22,25H,6-15,17H2,1-3H3,(H2,26,27,30);3*(H,6,7)/t19-,22+,24+;;;/m1.../s1. The second kappa shape index (κ2) is 20.3. The number of hydrogen-bond acceptors (Lipinski definition) is 9. The maximum absolute atomic E-state index is 12.5. The van der Waals surface area contributed by atoms with Gasteiger partial charge in [0, 0.05) is 56.8 Å². The van der Waals surface area contributed by atoms with E-state index < -0.39 is 36.4 Å². The molecule has 1 aromatic rings. The summed E-state index contributed by atoms with van der Waals surface area (Å²) in [4.78, 5) is 44.1. The number of carbonyl (C=O) groups is 4. The minimum absolute atomic E-state index is 0.0376. The van der Waals surface area contributed by atoms with Gasteiger partial charge in [0.15, 0.2) is 11.5 Å². The number of ether oxygens (including phenoxy) is 2. The highest BCUT2D eigenvalue weighted by molar-refractivity contribution is 5.74. The van der Waals surface area contributed by atoms with Gasteiger partial charge in [0.2, 0.25) is 0 Å². The van der Waals surface area contributed by atoms with E-state index in [0.29, 0.717) is 12.6 Å². The monoisotopic (exact) mass is 787 g/mol. The maximum atomic E-state index is 12.5. The lowest BCUT2D eigenvalue weighted by Gasteiger charge is -2.45. The molecule has 0 aromatic heterocycles. The zero-order valence-corrected chi connectivity index (χ0v) is 28.8. The summed E-state index contributed by atoms with van der Waals surface area (Å²) in [5.74, 6) is -6.72. The lowest BCUT2D eigenvalue weighted by Crippen LogP contribution is -2.53. The number of hydrogen-bond donors (Lipinski definition) is 6. The molecule has 23 heteroatoms. The van der Waals surface area contributed by atoms with Crippen LogP contribution in [0.3, 0.4) is 0 Å². The normalized spacial score (nSPS) is 21.8. The Morgan fingerprint density at radius 1 is 0.830 bits per heavy atom. The van der Waals surface area contributed by atoms with Crippen molar-refractivity contribution in [3.8, 4) is 11.5 Å². The first kappa shape index (κ1) is 46.8. The molecular formula is C30H42F9N5O9. The number of amides is 2. The highest BCUT2D eigenvalue weighted by Crippen LogP contribution is 2.49. The van der Waals surface area contributed by atoms with Crippen LogP contribution < -0.4 is 25.4 Å². The Morgan fingerprint density at radius 3 is 1.77 bits per heavy atom. The van der Waals surface area contributed by atoms with Crippen LogP contribution in [0.4, 0.5) is 44.3 Å². The van der Waals surface area contributed by atoms with Crippen LogP contribution in [0.2, 0.25) is 0 Å². The van der Waals surface area contributed by atoms with Gasteiger partial charge < -0.3 is 45.6 Å². The van der Waals surface area contributed by atoms with Gasteiger partial charge in [-0.25, -0.2) is 19.2 Å². The van der Waals surface area contributed by atoms with Crippen molar-refractivity contribution in [1.29, 1.82) is 0 Å². The smallest absolute Gasteiger partial charge is 0.490 e. The van der Waals surface area contributed by atoms with Gasteiger partial charge >= 0.3 is 42.5 Å². The van der Waals surface area contributed by atoms with Crippen LogP contribution in [0.5, 0.6) is 11.5 Å². The number of carboxylic acid groups (broad SMARTS) is 3. The number of urea groups is 1. The van der Waals surface area contributed by atoms with Crippen LogP contribution in [-0.2, 0) is 19.8 Å². The third-order valence-electron chi connectivity index (χ3n) is 8.47. The van der Waals surface area contributed by atoms with Crippen LogP contribution in [0, 0.1) is 0 Å². The van der Waals surface area contributed by atoms with Gasteiger partial charge in [-0.1, -0.05) is 6.07 Å². The highest BCUT2D eigenvalue weighted by atomic mass is 19.4. The number of nitrogens with one attached hydrogen (secondary N) is 3. The summed E-state index contributed by atoms with van der Waals surface area (Å²) in [7, 11) is 5.58. The van der Waals surface area contributed by atoms with Gasteiger partial charge in [-0.3, -0.25) is 4.90 Å². The topological polar surface area (TPSA) is 190 Å². The number of carboxylic acids is 3. The fraction of sp³-hybridized carbons (Fsp3) is 0.667. The maximum Gasteiger partial charge on any atom is 0.490 e. The summed E-state index contributed by atoms with van der Waals surface area (Å²) in [6.45, 7) is 6.85. The van der Waals surface area contributed by atoms with E-state index in [9.17, 15) is 44.3 Å². The van der Waals surface area contributed by atoms with Gasteiger partial charge in [0.25, 0.3) is 0 Å². The minimum atomic E-state index is -5.08. The largest absolute Gasteiger partial charge is 0.493 e. The number of likely N-dealkylation sites (N-methyl/N-ethyl adjacent to an activating group) is 1. The number of rotatable bonds is 7. The molecule has 2 amide bonds. The zero-order chi connectivity index (χ0) is 40.8. The van der Waals surface area contributed by atoms with Crippen molar-refractivity contribution in [3.05, 3.63) is 23.8 Å². The third kappa shape index (κ3) is 15.3. The van der Waals surface area contributed by atoms with Crippen LogP contribution >= 0.6 is 0 Å². The van der Waals surface area contributed by atoms with Gasteiger partial charge in [0.05, 0.1) is 14.2 Å². The molecule has 0 spiro atoms. The molecule has 2 heterocycles. The molecule has 1 aromatic carbocycles. The number of methoxy groups -OCH3 is 2. The summed E-state index contributed by atoms with van der Waals surface area (Å²) in [6, 6.07) is 6.94. The van der Waals surface area contributed by atoms with E-state index in [1.54, 1.807) is 14.2 Å². The summed E-state index contributed by atoms with van der Waals surface area (Å²) < 4.78 is 106. The molecule has 14 nitrogen and oxygen atoms in total. The van der Waals surface area contributed by atoms with E-state index in [-0.39, 0.29) is 17.5 Å². The zero-order valence-electron chi connectivity index (χ0n) is 28.8. The molecule has 0 unspecified atom stereocenters. The van der Waals surface area contributed by atoms with E-state index in [4.69, 9.17) is 39.2 Å². The fourth-order valence-electron chi connectivity index (χ4n) is 5.89. The Bertz CT molecular complexity index is 1300. The van der Waals surface area contributed by atoms with Crippen molar-refractivity contribution in [1.82, 2.24) is 25.8 Å². The Morgan fingerprint density at radius 2 is 1.32 bits per heavy atom. The number of halogens is 9. The van der Waals surface area contributed by atoms with Crippen molar-refractivity contribution in [2.45, 2.75) is 61.7 Å². The first-order valence-corrected chi connectivity index (χ1v) is 15.7. The van der Waals surface area contributed by atoms with Crippen LogP contribution in [-0.4, -0.2) is 147 Å².